The Balaban J connectivity index is 2.93. The Morgan fingerprint density at radius 2 is 2.30 bits per heavy atom. The minimum atomic E-state index is 0.517. The van der Waals surface area contributed by atoms with E-state index >= 15 is 0 Å². The maximum atomic E-state index is 7.60. The van der Waals surface area contributed by atoms with E-state index < -0.39 is 0 Å². The van der Waals surface area contributed by atoms with Crippen molar-refractivity contribution >= 4 is 0 Å². The van der Waals surface area contributed by atoms with Crippen LogP contribution >= 0.6 is 0 Å². The van der Waals surface area contributed by atoms with Crippen LogP contribution in [0.15, 0.2) is 30.3 Å². The maximum absolute atomic E-state index is 7.60. The highest BCUT2D eigenvalue weighted by Crippen LogP contribution is 2.16. The largest absolute Gasteiger partial charge is 0.0648 e. The zero-order valence-corrected chi connectivity index (χ0v) is 6.59. The Morgan fingerprint density at radius 3 is 2.90 bits per heavy atom. The van der Waals surface area contributed by atoms with Gasteiger partial charge in [-0.15, -0.1) is 0 Å². The predicted molar refractivity (Wildman–Crippen MR) is 45.1 cm³/mol. The van der Waals surface area contributed by atoms with Gasteiger partial charge in [-0.25, -0.2) is 0 Å². The van der Waals surface area contributed by atoms with Gasteiger partial charge < -0.3 is 0 Å². The smallest absolute Gasteiger partial charge is 0.0626 e. The fourth-order valence-corrected chi connectivity index (χ4v) is 0.934. The van der Waals surface area contributed by atoms with Gasteiger partial charge in [0.2, 0.25) is 0 Å². The molecule has 10 heavy (non-hydrogen) atoms. The van der Waals surface area contributed by atoms with E-state index in [1.54, 1.807) is 0 Å². The first-order chi connectivity index (χ1) is 5.25. The highest BCUT2D eigenvalue weighted by molar-refractivity contribution is 5.18. The van der Waals surface area contributed by atoms with E-state index in [0.717, 1.165) is 12.0 Å². The summed E-state index contributed by atoms with van der Waals surface area (Å²) in [6.45, 7) is 4.31. The predicted octanol–water partition coefficient (Wildman–Crippen LogP) is 3.20. The lowest BCUT2D eigenvalue weighted by Crippen LogP contribution is -1.88. The summed E-state index contributed by atoms with van der Waals surface area (Å²) in [4.78, 5) is 0. The van der Waals surface area contributed by atoms with Gasteiger partial charge in [-0.3, -0.25) is 0 Å². The molecule has 0 spiro atoms. The monoisotopic (exact) mass is 135 g/mol. The Bertz CT molecular complexity index is 230. The second-order valence-electron chi connectivity index (χ2n) is 2.63. The van der Waals surface area contributed by atoms with Crippen molar-refractivity contribution in [2.75, 3.05) is 0 Å². The average molecular weight is 135 g/mol. The molecule has 1 aromatic carbocycles. The molecule has 1 aromatic rings. The number of hydrogen-bond acceptors (Lipinski definition) is 0. The van der Waals surface area contributed by atoms with Gasteiger partial charge in [-0.1, -0.05) is 44.2 Å². The van der Waals surface area contributed by atoms with E-state index in [2.05, 4.69) is 13.8 Å². The van der Waals surface area contributed by atoms with Gasteiger partial charge in [0.15, 0.2) is 0 Å². The summed E-state index contributed by atoms with van der Waals surface area (Å²) in [7, 11) is 0. The van der Waals surface area contributed by atoms with E-state index in [0.29, 0.717) is 12.0 Å². The van der Waals surface area contributed by atoms with Gasteiger partial charge in [0, 0.05) is 0 Å². The molecule has 0 amide bonds. The van der Waals surface area contributed by atoms with Crippen molar-refractivity contribution in [1.29, 1.82) is 0 Å². The van der Waals surface area contributed by atoms with Crippen LogP contribution in [0.25, 0.3) is 0 Å². The van der Waals surface area contributed by atoms with Crippen LogP contribution in [0.2, 0.25) is 0 Å². The molecule has 0 saturated carbocycles. The molecule has 0 bridgehead atoms. The molecular weight excluding hydrogens is 120 g/mol. The van der Waals surface area contributed by atoms with E-state index in [4.69, 9.17) is 1.37 Å². The lowest BCUT2D eigenvalue weighted by Gasteiger charge is -2.06. The quantitative estimate of drug-likeness (QED) is 0.584. The first-order valence-electron chi connectivity index (χ1n) is 4.31. The van der Waals surface area contributed by atoms with Crippen molar-refractivity contribution in [3.63, 3.8) is 0 Å². The minimum absolute atomic E-state index is 0.517. The van der Waals surface area contributed by atoms with Crippen LogP contribution in [0, 0.1) is 0 Å². The first kappa shape index (κ1) is 5.96. The highest BCUT2D eigenvalue weighted by Gasteiger charge is 1.98. The molecule has 0 fully saturated rings. The van der Waals surface area contributed by atoms with Crippen molar-refractivity contribution < 1.29 is 1.37 Å². The Kier molecular flexibility index (Phi) is 2.03. The van der Waals surface area contributed by atoms with E-state index in [9.17, 15) is 0 Å². The summed E-state index contributed by atoms with van der Waals surface area (Å²) in [6, 6.07) is 8.47. The molecule has 0 nitrogen and oxygen atoms in total. The lowest BCUT2D eigenvalue weighted by molar-refractivity contribution is 0.733. The van der Waals surface area contributed by atoms with Gasteiger partial charge in [-0.2, -0.15) is 0 Å². The van der Waals surface area contributed by atoms with Crippen LogP contribution in [-0.4, -0.2) is 0 Å². The molecule has 0 aliphatic carbocycles. The lowest BCUT2D eigenvalue weighted by atomic mass is 9.99. The molecule has 54 valence electrons. The summed E-state index contributed by atoms with van der Waals surface area (Å²) < 4.78 is 7.60. The molecule has 1 atom stereocenters. The summed E-state index contributed by atoms with van der Waals surface area (Å²) in [6.07, 6.45) is 1.11. The van der Waals surface area contributed by atoms with Gasteiger partial charge in [0.25, 0.3) is 0 Å². The molecule has 0 N–H and O–H groups in total. The van der Waals surface area contributed by atoms with Crippen LogP contribution in [0.4, 0.5) is 0 Å². The number of hydrogen-bond donors (Lipinski definition) is 0. The average Bonchev–Trinajstić information content (AvgIpc) is 2.04. The van der Waals surface area contributed by atoms with Gasteiger partial charge in [0.05, 0.1) is 1.37 Å². The Morgan fingerprint density at radius 1 is 1.50 bits per heavy atom. The van der Waals surface area contributed by atoms with Crippen LogP contribution in [0.1, 0.15) is 33.1 Å². The SMILES string of the molecule is [2H]c1ccccc1C(C)CC. The van der Waals surface area contributed by atoms with Crippen molar-refractivity contribution in [2.45, 2.75) is 26.2 Å². The molecule has 0 aliphatic heterocycles. The van der Waals surface area contributed by atoms with Crippen LogP contribution < -0.4 is 0 Å². The molecule has 0 heterocycles. The van der Waals surface area contributed by atoms with Gasteiger partial charge >= 0.3 is 0 Å². The topological polar surface area (TPSA) is 0 Å². The maximum Gasteiger partial charge on any atom is 0.0626 e. The fraction of sp³-hybridized carbons (Fsp3) is 0.400. The summed E-state index contributed by atoms with van der Waals surface area (Å²) in [5, 5.41) is 0. The van der Waals surface area contributed by atoms with Gasteiger partial charge in [0.1, 0.15) is 0 Å². The molecule has 1 unspecified atom stereocenters. The Hall–Kier alpha value is -0.780. The van der Waals surface area contributed by atoms with Crippen molar-refractivity contribution in [3.05, 3.63) is 35.9 Å². The zero-order chi connectivity index (χ0) is 8.27. The molecular formula is C10H14. The highest BCUT2D eigenvalue weighted by atomic mass is 14.0. The van der Waals surface area contributed by atoms with E-state index in [1.165, 1.54) is 0 Å². The number of benzene rings is 1. The normalized spacial score (nSPS) is 14.4. The zero-order valence-electron chi connectivity index (χ0n) is 7.59. The first-order valence-corrected chi connectivity index (χ1v) is 3.81. The molecule has 0 aromatic heterocycles. The van der Waals surface area contributed by atoms with Gasteiger partial charge in [-0.05, 0) is 17.9 Å². The molecule has 0 saturated heterocycles. The fourth-order valence-electron chi connectivity index (χ4n) is 0.934. The third-order valence-corrected chi connectivity index (χ3v) is 1.88. The standard InChI is InChI=1S/C10H14/c1-3-9(2)10-7-5-4-6-8-10/h4-9H,3H2,1-2H3/i7D. The van der Waals surface area contributed by atoms with Crippen LogP contribution in [0.3, 0.4) is 0 Å². The van der Waals surface area contributed by atoms with Crippen LogP contribution in [0.5, 0.6) is 0 Å². The molecule has 0 heteroatoms. The summed E-state index contributed by atoms with van der Waals surface area (Å²) >= 11 is 0. The molecule has 0 aliphatic rings. The van der Waals surface area contributed by atoms with Crippen molar-refractivity contribution in [2.24, 2.45) is 0 Å². The molecule has 0 radical (unpaired) electrons. The minimum Gasteiger partial charge on any atom is -0.0648 e. The van der Waals surface area contributed by atoms with Crippen LogP contribution in [-0.2, 0) is 0 Å². The number of rotatable bonds is 2. The Labute approximate surface area is 64.3 Å². The summed E-state index contributed by atoms with van der Waals surface area (Å²) in [5.41, 5.74) is 1.16. The third-order valence-electron chi connectivity index (χ3n) is 1.88. The molecule has 1 rings (SSSR count). The second kappa shape index (κ2) is 3.40. The third kappa shape index (κ3) is 1.60. The van der Waals surface area contributed by atoms with E-state index in [1.807, 2.05) is 24.3 Å². The summed E-state index contributed by atoms with van der Waals surface area (Å²) in [5.74, 6) is 0.517. The van der Waals surface area contributed by atoms with Crippen molar-refractivity contribution in [3.8, 4) is 0 Å². The van der Waals surface area contributed by atoms with E-state index in [-0.39, 0.29) is 0 Å². The second-order valence-corrected chi connectivity index (χ2v) is 2.63. The van der Waals surface area contributed by atoms with Crippen molar-refractivity contribution in [1.82, 2.24) is 0 Å².